The third-order valence-electron chi connectivity index (χ3n) is 4.31. The molecule has 114 valence electrons. The van der Waals surface area contributed by atoms with Crippen molar-refractivity contribution in [2.24, 2.45) is 5.41 Å². The average Bonchev–Trinajstić information content (AvgIpc) is 2.48. The number of likely N-dealkylation sites (tertiary alicyclic amines) is 1. The third kappa shape index (κ3) is 3.06. The van der Waals surface area contributed by atoms with E-state index in [-0.39, 0.29) is 6.03 Å². The Morgan fingerprint density at radius 1 is 1.20 bits per heavy atom. The van der Waals surface area contributed by atoms with E-state index in [0.717, 1.165) is 12.8 Å². The molecule has 2 saturated heterocycles. The van der Waals surface area contributed by atoms with E-state index in [4.69, 9.17) is 4.74 Å². The van der Waals surface area contributed by atoms with Crippen LogP contribution in [0.25, 0.3) is 0 Å². The fourth-order valence-corrected chi connectivity index (χ4v) is 3.21. The third-order valence-corrected chi connectivity index (χ3v) is 4.31. The molecule has 0 aromatic rings. The molecule has 1 N–H and O–H groups in total. The molecule has 2 aliphatic rings. The van der Waals surface area contributed by atoms with Crippen molar-refractivity contribution in [1.82, 2.24) is 9.80 Å². The number of carbonyl (C=O) groups is 2. The summed E-state index contributed by atoms with van der Waals surface area (Å²) in [6.45, 7) is 5.33. The number of nitrogens with zero attached hydrogens (tertiary/aromatic N) is 2. The summed E-state index contributed by atoms with van der Waals surface area (Å²) in [5.74, 6) is -0.765. The number of aliphatic carboxylic acids is 1. The normalized spacial score (nSPS) is 27.4. The van der Waals surface area contributed by atoms with Gasteiger partial charge < -0.3 is 19.6 Å². The Bertz CT molecular complexity index is 364. The van der Waals surface area contributed by atoms with Gasteiger partial charge in [-0.2, -0.15) is 0 Å². The maximum absolute atomic E-state index is 12.5. The lowest BCUT2D eigenvalue weighted by atomic mass is 9.76. The Morgan fingerprint density at radius 2 is 1.90 bits per heavy atom. The first-order valence-corrected chi connectivity index (χ1v) is 7.44. The van der Waals surface area contributed by atoms with Gasteiger partial charge in [-0.05, 0) is 19.3 Å². The van der Waals surface area contributed by atoms with Crippen molar-refractivity contribution in [2.45, 2.75) is 32.6 Å². The van der Waals surface area contributed by atoms with Gasteiger partial charge in [0.25, 0.3) is 0 Å². The first kappa shape index (κ1) is 15.1. The number of carboxylic acid groups (broad SMARTS) is 1. The number of morpholine rings is 1. The van der Waals surface area contributed by atoms with Crippen LogP contribution < -0.4 is 0 Å². The van der Waals surface area contributed by atoms with E-state index in [1.807, 2.05) is 6.92 Å². The van der Waals surface area contributed by atoms with Gasteiger partial charge in [-0.3, -0.25) is 4.79 Å². The smallest absolute Gasteiger partial charge is 0.320 e. The van der Waals surface area contributed by atoms with E-state index in [1.54, 1.807) is 9.80 Å². The highest BCUT2D eigenvalue weighted by Crippen LogP contribution is 2.35. The monoisotopic (exact) mass is 284 g/mol. The van der Waals surface area contributed by atoms with Gasteiger partial charge in [0.2, 0.25) is 0 Å². The summed E-state index contributed by atoms with van der Waals surface area (Å²) >= 11 is 0. The largest absolute Gasteiger partial charge is 0.481 e. The van der Waals surface area contributed by atoms with Crippen LogP contribution in [0.2, 0.25) is 0 Å². The molecule has 6 heteroatoms. The minimum Gasteiger partial charge on any atom is -0.481 e. The Kier molecular flexibility index (Phi) is 4.86. The standard InChI is InChI=1S/C14H24N2O4/c1-2-4-14(12(17)18)5-3-6-16(11-14)13(19)15-7-9-20-10-8-15/h2-11H2,1H3,(H,17,18). The SMILES string of the molecule is CCCC1(C(=O)O)CCCN(C(=O)N2CCOCC2)C1. The van der Waals surface area contributed by atoms with E-state index in [1.165, 1.54) is 0 Å². The Hall–Kier alpha value is -1.30. The number of rotatable bonds is 3. The van der Waals surface area contributed by atoms with Crippen molar-refractivity contribution < 1.29 is 19.4 Å². The van der Waals surface area contributed by atoms with Crippen LogP contribution in [0.4, 0.5) is 4.79 Å². The summed E-state index contributed by atoms with van der Waals surface area (Å²) in [5.41, 5.74) is -0.755. The number of carboxylic acids is 1. The second-order valence-electron chi connectivity index (χ2n) is 5.74. The van der Waals surface area contributed by atoms with Gasteiger partial charge in [-0.15, -0.1) is 0 Å². The molecule has 0 radical (unpaired) electrons. The van der Waals surface area contributed by atoms with Crippen LogP contribution in [-0.4, -0.2) is 66.3 Å². The Labute approximate surface area is 119 Å². The lowest BCUT2D eigenvalue weighted by molar-refractivity contribution is -0.152. The predicted molar refractivity (Wildman–Crippen MR) is 73.6 cm³/mol. The fraction of sp³-hybridized carbons (Fsp3) is 0.857. The highest BCUT2D eigenvalue weighted by molar-refractivity contribution is 5.79. The molecule has 2 heterocycles. The van der Waals surface area contributed by atoms with E-state index < -0.39 is 11.4 Å². The minimum absolute atomic E-state index is 0.0327. The first-order valence-electron chi connectivity index (χ1n) is 7.44. The summed E-state index contributed by atoms with van der Waals surface area (Å²) in [6, 6.07) is -0.0327. The van der Waals surface area contributed by atoms with E-state index >= 15 is 0 Å². The molecule has 1 unspecified atom stereocenters. The lowest BCUT2D eigenvalue weighted by Crippen LogP contribution is -2.55. The molecule has 20 heavy (non-hydrogen) atoms. The summed E-state index contributed by atoms with van der Waals surface area (Å²) in [5, 5.41) is 9.56. The van der Waals surface area contributed by atoms with Crippen molar-refractivity contribution in [3.05, 3.63) is 0 Å². The first-order chi connectivity index (χ1) is 9.59. The number of piperidine rings is 1. The highest BCUT2D eigenvalue weighted by atomic mass is 16.5. The van der Waals surface area contributed by atoms with Crippen molar-refractivity contribution in [2.75, 3.05) is 39.4 Å². The summed E-state index contributed by atoms with van der Waals surface area (Å²) in [7, 11) is 0. The summed E-state index contributed by atoms with van der Waals surface area (Å²) in [6.07, 6.45) is 2.90. The topological polar surface area (TPSA) is 70.1 Å². The Morgan fingerprint density at radius 3 is 2.50 bits per heavy atom. The van der Waals surface area contributed by atoms with Gasteiger partial charge in [0.15, 0.2) is 0 Å². The van der Waals surface area contributed by atoms with Crippen LogP contribution >= 0.6 is 0 Å². The zero-order chi connectivity index (χ0) is 14.6. The molecular formula is C14H24N2O4. The zero-order valence-electron chi connectivity index (χ0n) is 12.1. The molecule has 0 bridgehead atoms. The maximum Gasteiger partial charge on any atom is 0.320 e. The van der Waals surface area contributed by atoms with Gasteiger partial charge in [0, 0.05) is 26.2 Å². The van der Waals surface area contributed by atoms with E-state index in [9.17, 15) is 14.7 Å². The molecule has 2 fully saturated rings. The number of hydrogen-bond donors (Lipinski definition) is 1. The summed E-state index contributed by atoms with van der Waals surface area (Å²) < 4.78 is 5.25. The van der Waals surface area contributed by atoms with Crippen molar-refractivity contribution in [3.63, 3.8) is 0 Å². The maximum atomic E-state index is 12.5. The molecule has 0 aromatic heterocycles. The van der Waals surface area contributed by atoms with Gasteiger partial charge in [0.05, 0.1) is 18.6 Å². The molecule has 6 nitrogen and oxygen atoms in total. The molecule has 2 aliphatic heterocycles. The minimum atomic E-state index is -0.765. The number of urea groups is 1. The van der Waals surface area contributed by atoms with Gasteiger partial charge in [0.1, 0.15) is 0 Å². The van der Waals surface area contributed by atoms with Gasteiger partial charge >= 0.3 is 12.0 Å². The van der Waals surface area contributed by atoms with Crippen LogP contribution in [0.3, 0.4) is 0 Å². The Balaban J connectivity index is 2.04. The van der Waals surface area contributed by atoms with Crippen LogP contribution in [0.1, 0.15) is 32.6 Å². The molecule has 2 rings (SSSR count). The van der Waals surface area contributed by atoms with E-state index in [2.05, 4.69) is 0 Å². The quantitative estimate of drug-likeness (QED) is 0.850. The van der Waals surface area contributed by atoms with Crippen LogP contribution in [0.15, 0.2) is 0 Å². The molecule has 0 aromatic carbocycles. The molecule has 2 amide bonds. The molecule has 0 saturated carbocycles. The van der Waals surface area contributed by atoms with Crippen molar-refractivity contribution in [3.8, 4) is 0 Å². The predicted octanol–water partition coefficient (Wildman–Crippen LogP) is 1.41. The molecular weight excluding hydrogens is 260 g/mol. The zero-order valence-corrected chi connectivity index (χ0v) is 12.1. The van der Waals surface area contributed by atoms with Gasteiger partial charge in [-0.25, -0.2) is 4.79 Å². The van der Waals surface area contributed by atoms with E-state index in [0.29, 0.717) is 52.2 Å². The average molecular weight is 284 g/mol. The molecule has 0 aliphatic carbocycles. The number of hydrogen-bond acceptors (Lipinski definition) is 3. The van der Waals surface area contributed by atoms with Crippen molar-refractivity contribution >= 4 is 12.0 Å². The van der Waals surface area contributed by atoms with Crippen LogP contribution in [-0.2, 0) is 9.53 Å². The van der Waals surface area contributed by atoms with Crippen LogP contribution in [0.5, 0.6) is 0 Å². The molecule has 1 atom stereocenters. The fourth-order valence-electron chi connectivity index (χ4n) is 3.21. The number of ether oxygens (including phenoxy) is 1. The lowest BCUT2D eigenvalue weighted by Gasteiger charge is -2.42. The molecule has 0 spiro atoms. The number of amides is 2. The second kappa shape index (κ2) is 6.43. The second-order valence-corrected chi connectivity index (χ2v) is 5.74. The number of carbonyl (C=O) groups excluding carboxylic acids is 1. The van der Waals surface area contributed by atoms with Crippen LogP contribution in [0, 0.1) is 5.41 Å². The highest BCUT2D eigenvalue weighted by Gasteiger charge is 2.43. The van der Waals surface area contributed by atoms with Gasteiger partial charge in [-0.1, -0.05) is 13.3 Å². The summed E-state index contributed by atoms with van der Waals surface area (Å²) in [4.78, 5) is 27.6. The van der Waals surface area contributed by atoms with Crippen molar-refractivity contribution in [1.29, 1.82) is 0 Å².